The topological polar surface area (TPSA) is 42.1 Å². The van der Waals surface area contributed by atoms with Gasteiger partial charge in [0.1, 0.15) is 0 Å². The van der Waals surface area contributed by atoms with Crippen LogP contribution in [-0.2, 0) is 0 Å². The summed E-state index contributed by atoms with van der Waals surface area (Å²) in [6, 6.07) is 10.5. The Morgan fingerprint density at radius 1 is 1.05 bits per heavy atom. The number of nitrogens with zero attached hydrogens (tertiary/aromatic N) is 2. The Balaban J connectivity index is 2.30. The van der Waals surface area contributed by atoms with Crippen molar-refractivity contribution >= 4 is 11.4 Å². The van der Waals surface area contributed by atoms with Crippen molar-refractivity contribution in [2.24, 2.45) is 5.73 Å². The maximum absolute atomic E-state index is 5.81. The van der Waals surface area contributed by atoms with Crippen LogP contribution >= 0.6 is 0 Å². The van der Waals surface area contributed by atoms with E-state index >= 15 is 0 Å². The second-order valence-corrected chi connectivity index (χ2v) is 5.13. The summed E-state index contributed by atoms with van der Waals surface area (Å²) in [4.78, 5) is 6.54. The molecule has 0 saturated heterocycles. The van der Waals surface area contributed by atoms with Gasteiger partial charge in [0.25, 0.3) is 0 Å². The molecule has 3 heteroatoms. The summed E-state index contributed by atoms with van der Waals surface area (Å²) in [5.74, 6) is 0. The lowest BCUT2D eigenvalue weighted by molar-refractivity contribution is 0.781. The van der Waals surface area contributed by atoms with E-state index in [0.29, 0.717) is 0 Å². The van der Waals surface area contributed by atoms with Crippen LogP contribution < -0.4 is 10.6 Å². The summed E-state index contributed by atoms with van der Waals surface area (Å²) < 4.78 is 0. The molecule has 0 aliphatic rings. The summed E-state index contributed by atoms with van der Waals surface area (Å²) in [6.45, 7) is 6.17. The van der Waals surface area contributed by atoms with Crippen LogP contribution in [0.1, 0.15) is 29.8 Å². The van der Waals surface area contributed by atoms with Crippen molar-refractivity contribution in [3.63, 3.8) is 0 Å². The maximum Gasteiger partial charge on any atom is 0.0594 e. The fraction of sp³-hybridized carbons (Fsp3) is 0.312. The highest BCUT2D eigenvalue weighted by Crippen LogP contribution is 2.25. The van der Waals surface area contributed by atoms with E-state index in [-0.39, 0.29) is 6.04 Å². The number of pyridine rings is 1. The van der Waals surface area contributed by atoms with Crippen LogP contribution in [0.4, 0.5) is 11.4 Å². The Bertz CT molecular complexity index is 538. The third-order valence-corrected chi connectivity index (χ3v) is 3.22. The van der Waals surface area contributed by atoms with Crippen molar-refractivity contribution in [1.82, 2.24) is 4.98 Å². The van der Waals surface area contributed by atoms with E-state index in [4.69, 9.17) is 5.73 Å². The van der Waals surface area contributed by atoms with Crippen molar-refractivity contribution in [3.8, 4) is 0 Å². The number of aromatic nitrogens is 1. The normalized spacial score (nSPS) is 12.3. The molecule has 3 nitrogen and oxygen atoms in total. The molecular weight excluding hydrogens is 234 g/mol. The molecule has 0 spiro atoms. The van der Waals surface area contributed by atoms with Gasteiger partial charge in [-0.3, -0.25) is 4.98 Å². The summed E-state index contributed by atoms with van der Waals surface area (Å²) in [6.07, 6.45) is 1.87. The number of aryl methyl sites for hydroxylation is 2. The molecule has 0 unspecified atom stereocenters. The number of rotatable bonds is 3. The molecule has 0 aliphatic carbocycles. The molecule has 1 heterocycles. The van der Waals surface area contributed by atoms with Crippen LogP contribution in [0, 0.1) is 13.8 Å². The van der Waals surface area contributed by atoms with Crippen LogP contribution in [0.25, 0.3) is 0 Å². The van der Waals surface area contributed by atoms with Crippen LogP contribution in [0.5, 0.6) is 0 Å². The van der Waals surface area contributed by atoms with E-state index in [1.165, 1.54) is 16.8 Å². The molecule has 2 rings (SSSR count). The second-order valence-electron chi connectivity index (χ2n) is 5.13. The van der Waals surface area contributed by atoms with E-state index in [9.17, 15) is 0 Å². The van der Waals surface area contributed by atoms with E-state index in [1.54, 1.807) is 0 Å². The van der Waals surface area contributed by atoms with Crippen molar-refractivity contribution in [1.29, 1.82) is 0 Å². The molecule has 0 saturated carbocycles. The number of nitrogens with two attached hydrogens (primary N) is 1. The quantitative estimate of drug-likeness (QED) is 0.913. The summed E-state index contributed by atoms with van der Waals surface area (Å²) >= 11 is 0. The van der Waals surface area contributed by atoms with Crippen molar-refractivity contribution in [3.05, 3.63) is 53.3 Å². The van der Waals surface area contributed by atoms with E-state index in [1.807, 2.05) is 19.2 Å². The molecule has 1 atom stereocenters. The van der Waals surface area contributed by atoms with Gasteiger partial charge in [-0.1, -0.05) is 6.07 Å². The molecule has 19 heavy (non-hydrogen) atoms. The molecule has 0 amide bonds. The molecule has 2 N–H and O–H groups in total. The van der Waals surface area contributed by atoms with Gasteiger partial charge in [-0.25, -0.2) is 0 Å². The predicted octanol–water partition coefficient (Wildman–Crippen LogP) is 3.49. The highest BCUT2D eigenvalue weighted by molar-refractivity contribution is 5.63. The number of anilines is 2. The molecule has 0 aliphatic heterocycles. The fourth-order valence-electron chi connectivity index (χ4n) is 2.16. The van der Waals surface area contributed by atoms with Gasteiger partial charge in [-0.05, 0) is 56.2 Å². The average molecular weight is 255 g/mol. The first-order valence-corrected chi connectivity index (χ1v) is 6.51. The second kappa shape index (κ2) is 5.41. The number of benzene rings is 1. The smallest absolute Gasteiger partial charge is 0.0594 e. The molecule has 100 valence electrons. The highest BCUT2D eigenvalue weighted by Gasteiger charge is 2.07. The standard InChI is InChI=1S/C16H21N3/c1-11-7-12(2)9-15(8-11)19(4)14-5-6-16(13(3)17)18-10-14/h5-10,13H,17H2,1-4H3/t13-/m0/s1. The predicted molar refractivity (Wildman–Crippen MR) is 80.8 cm³/mol. The van der Waals surface area contributed by atoms with Crippen molar-refractivity contribution < 1.29 is 0 Å². The van der Waals surface area contributed by atoms with Gasteiger partial charge in [0, 0.05) is 18.8 Å². The van der Waals surface area contributed by atoms with Gasteiger partial charge >= 0.3 is 0 Å². The van der Waals surface area contributed by atoms with Crippen LogP contribution in [-0.4, -0.2) is 12.0 Å². The molecule has 1 aromatic heterocycles. The van der Waals surface area contributed by atoms with Crippen LogP contribution in [0.2, 0.25) is 0 Å². The third kappa shape index (κ3) is 3.12. The molecule has 0 fully saturated rings. The first-order valence-electron chi connectivity index (χ1n) is 6.51. The lowest BCUT2D eigenvalue weighted by atomic mass is 10.1. The minimum atomic E-state index is -0.0272. The number of hydrogen-bond donors (Lipinski definition) is 1. The van der Waals surface area contributed by atoms with Gasteiger partial charge < -0.3 is 10.6 Å². The molecule has 0 radical (unpaired) electrons. The van der Waals surface area contributed by atoms with Gasteiger partial charge in [-0.15, -0.1) is 0 Å². The highest BCUT2D eigenvalue weighted by atomic mass is 15.1. The van der Waals surface area contributed by atoms with Gasteiger partial charge in [0.15, 0.2) is 0 Å². The Morgan fingerprint density at radius 2 is 1.68 bits per heavy atom. The van der Waals surface area contributed by atoms with E-state index < -0.39 is 0 Å². The van der Waals surface area contributed by atoms with E-state index in [2.05, 4.69) is 55.0 Å². The maximum atomic E-state index is 5.81. The summed E-state index contributed by atoms with van der Waals surface area (Å²) in [5, 5.41) is 0. The zero-order valence-corrected chi connectivity index (χ0v) is 12.0. The lowest BCUT2D eigenvalue weighted by Gasteiger charge is -2.20. The van der Waals surface area contributed by atoms with Crippen molar-refractivity contribution in [2.75, 3.05) is 11.9 Å². The Hall–Kier alpha value is -1.87. The third-order valence-electron chi connectivity index (χ3n) is 3.22. The Kier molecular flexibility index (Phi) is 3.86. The number of hydrogen-bond acceptors (Lipinski definition) is 3. The SMILES string of the molecule is Cc1cc(C)cc(N(C)c2ccc([C@H](C)N)nc2)c1. The van der Waals surface area contributed by atoms with Gasteiger partial charge in [0.2, 0.25) is 0 Å². The summed E-state index contributed by atoms with van der Waals surface area (Å²) in [5.41, 5.74) is 11.5. The Labute approximate surface area is 115 Å². The lowest BCUT2D eigenvalue weighted by Crippen LogP contribution is -2.12. The largest absolute Gasteiger partial charge is 0.343 e. The average Bonchev–Trinajstić information content (AvgIpc) is 2.37. The summed E-state index contributed by atoms with van der Waals surface area (Å²) in [7, 11) is 2.05. The fourth-order valence-corrected chi connectivity index (χ4v) is 2.16. The van der Waals surface area contributed by atoms with Crippen LogP contribution in [0.15, 0.2) is 36.5 Å². The van der Waals surface area contributed by atoms with Gasteiger partial charge in [0.05, 0.1) is 17.6 Å². The molecule has 0 bridgehead atoms. The van der Waals surface area contributed by atoms with E-state index in [0.717, 1.165) is 11.4 Å². The molecular formula is C16H21N3. The van der Waals surface area contributed by atoms with Crippen molar-refractivity contribution in [2.45, 2.75) is 26.8 Å². The first-order chi connectivity index (χ1) is 8.97. The zero-order chi connectivity index (χ0) is 14.0. The Morgan fingerprint density at radius 3 is 2.16 bits per heavy atom. The van der Waals surface area contributed by atoms with Crippen LogP contribution in [0.3, 0.4) is 0 Å². The molecule has 2 aromatic rings. The zero-order valence-electron chi connectivity index (χ0n) is 12.0. The minimum absolute atomic E-state index is 0.0272. The minimum Gasteiger partial charge on any atom is -0.343 e. The monoisotopic (exact) mass is 255 g/mol. The van der Waals surface area contributed by atoms with Gasteiger partial charge in [-0.2, -0.15) is 0 Å². The molecule has 1 aromatic carbocycles. The first kappa shape index (κ1) is 13.6.